The highest BCUT2D eigenvalue weighted by molar-refractivity contribution is 5.30. The molecule has 0 bridgehead atoms. The third-order valence-electron chi connectivity index (χ3n) is 2.39. The molecular formula is C10H20N4. The van der Waals surface area contributed by atoms with Gasteiger partial charge in [0.2, 0.25) is 5.95 Å². The fourth-order valence-electron chi connectivity index (χ4n) is 1.47. The number of imidazole rings is 1. The lowest BCUT2D eigenvalue weighted by atomic mass is 10.2. The molecule has 1 rings (SSSR count). The molecule has 0 spiro atoms. The highest BCUT2D eigenvalue weighted by atomic mass is 15.3. The van der Waals surface area contributed by atoms with Crippen LogP contribution < -0.4 is 10.6 Å². The van der Waals surface area contributed by atoms with Crippen molar-refractivity contribution in [1.29, 1.82) is 0 Å². The van der Waals surface area contributed by atoms with Crippen molar-refractivity contribution < 1.29 is 0 Å². The minimum atomic E-state index is 0.506. The standard InChI is InChI=1S/C10H20N4/c1-4-14(8-9(2)7-11)10-12-5-6-13(10)3/h5-6,9H,4,7-8,11H2,1-3H3. The van der Waals surface area contributed by atoms with Gasteiger partial charge in [-0.25, -0.2) is 4.98 Å². The molecule has 1 atom stereocenters. The van der Waals surface area contributed by atoms with E-state index < -0.39 is 0 Å². The van der Waals surface area contributed by atoms with E-state index in [1.165, 1.54) is 0 Å². The van der Waals surface area contributed by atoms with Crippen molar-refractivity contribution in [3.05, 3.63) is 12.4 Å². The van der Waals surface area contributed by atoms with Gasteiger partial charge < -0.3 is 15.2 Å². The highest BCUT2D eigenvalue weighted by Crippen LogP contribution is 2.11. The Morgan fingerprint density at radius 2 is 2.36 bits per heavy atom. The van der Waals surface area contributed by atoms with Crippen molar-refractivity contribution in [2.75, 3.05) is 24.5 Å². The van der Waals surface area contributed by atoms with Gasteiger partial charge in [0, 0.05) is 32.5 Å². The molecule has 2 N–H and O–H groups in total. The molecule has 0 aliphatic rings. The van der Waals surface area contributed by atoms with Crippen LogP contribution in [-0.4, -0.2) is 29.2 Å². The average Bonchev–Trinajstić information content (AvgIpc) is 2.60. The lowest BCUT2D eigenvalue weighted by Crippen LogP contribution is -2.33. The monoisotopic (exact) mass is 196 g/mol. The van der Waals surface area contributed by atoms with Crippen LogP contribution in [0.1, 0.15) is 13.8 Å². The topological polar surface area (TPSA) is 47.1 Å². The molecule has 1 aromatic heterocycles. The van der Waals surface area contributed by atoms with E-state index in [-0.39, 0.29) is 0 Å². The fraction of sp³-hybridized carbons (Fsp3) is 0.700. The molecule has 0 saturated heterocycles. The van der Waals surface area contributed by atoms with Crippen LogP contribution in [0.3, 0.4) is 0 Å². The average molecular weight is 196 g/mol. The zero-order chi connectivity index (χ0) is 10.6. The van der Waals surface area contributed by atoms with E-state index in [0.717, 1.165) is 25.6 Å². The van der Waals surface area contributed by atoms with Gasteiger partial charge in [-0.2, -0.15) is 0 Å². The molecule has 0 aliphatic carbocycles. The quantitative estimate of drug-likeness (QED) is 0.759. The van der Waals surface area contributed by atoms with Gasteiger partial charge in [-0.05, 0) is 19.4 Å². The van der Waals surface area contributed by atoms with Crippen molar-refractivity contribution in [1.82, 2.24) is 9.55 Å². The summed E-state index contributed by atoms with van der Waals surface area (Å²) in [6, 6.07) is 0. The van der Waals surface area contributed by atoms with E-state index in [1.54, 1.807) is 0 Å². The molecule has 0 fully saturated rings. The van der Waals surface area contributed by atoms with Gasteiger partial charge >= 0.3 is 0 Å². The van der Waals surface area contributed by atoms with Crippen molar-refractivity contribution in [3.8, 4) is 0 Å². The Kier molecular flexibility index (Phi) is 3.95. The molecule has 0 saturated carbocycles. The first kappa shape index (κ1) is 11.0. The van der Waals surface area contributed by atoms with Crippen LogP contribution in [0.4, 0.5) is 5.95 Å². The predicted octanol–water partition coefficient (Wildman–Crippen LogP) is 0.841. The van der Waals surface area contributed by atoms with Crippen LogP contribution in [0.25, 0.3) is 0 Å². The van der Waals surface area contributed by atoms with Gasteiger partial charge in [-0.1, -0.05) is 6.92 Å². The first-order valence-electron chi connectivity index (χ1n) is 5.11. The van der Waals surface area contributed by atoms with Gasteiger partial charge in [0.25, 0.3) is 0 Å². The summed E-state index contributed by atoms with van der Waals surface area (Å²) in [5, 5.41) is 0. The molecule has 1 aromatic rings. The molecule has 0 radical (unpaired) electrons. The zero-order valence-electron chi connectivity index (χ0n) is 9.27. The molecular weight excluding hydrogens is 176 g/mol. The smallest absolute Gasteiger partial charge is 0.205 e. The highest BCUT2D eigenvalue weighted by Gasteiger charge is 2.11. The lowest BCUT2D eigenvalue weighted by molar-refractivity contribution is 0.565. The van der Waals surface area contributed by atoms with Gasteiger partial charge in [0.1, 0.15) is 0 Å². The number of nitrogens with two attached hydrogens (primary N) is 1. The Labute approximate surface area is 85.7 Å². The Hall–Kier alpha value is -1.03. The molecule has 0 aliphatic heterocycles. The molecule has 0 aromatic carbocycles. The summed E-state index contributed by atoms with van der Waals surface area (Å²) >= 11 is 0. The van der Waals surface area contributed by atoms with E-state index in [9.17, 15) is 0 Å². The first-order valence-corrected chi connectivity index (χ1v) is 5.11. The Balaban J connectivity index is 2.67. The maximum atomic E-state index is 5.61. The maximum absolute atomic E-state index is 5.61. The second kappa shape index (κ2) is 5.00. The van der Waals surface area contributed by atoms with Crippen LogP contribution in [0.15, 0.2) is 12.4 Å². The van der Waals surface area contributed by atoms with Crippen LogP contribution in [0, 0.1) is 5.92 Å². The summed E-state index contributed by atoms with van der Waals surface area (Å²) in [6.45, 7) is 6.96. The summed E-state index contributed by atoms with van der Waals surface area (Å²) in [4.78, 5) is 6.57. The lowest BCUT2D eigenvalue weighted by Gasteiger charge is -2.24. The number of aromatic nitrogens is 2. The Bertz CT molecular complexity index is 269. The number of nitrogens with zero attached hydrogens (tertiary/aromatic N) is 3. The summed E-state index contributed by atoms with van der Waals surface area (Å²) in [7, 11) is 2.01. The van der Waals surface area contributed by atoms with E-state index in [0.29, 0.717) is 5.92 Å². The Morgan fingerprint density at radius 1 is 1.64 bits per heavy atom. The molecule has 1 unspecified atom stereocenters. The van der Waals surface area contributed by atoms with E-state index in [2.05, 4.69) is 23.7 Å². The molecule has 4 heteroatoms. The summed E-state index contributed by atoms with van der Waals surface area (Å²) in [5.74, 6) is 1.53. The largest absolute Gasteiger partial charge is 0.342 e. The fourth-order valence-corrected chi connectivity index (χ4v) is 1.47. The molecule has 80 valence electrons. The van der Waals surface area contributed by atoms with Crippen molar-refractivity contribution in [2.24, 2.45) is 18.7 Å². The van der Waals surface area contributed by atoms with Gasteiger partial charge in [0.15, 0.2) is 0 Å². The second-order valence-corrected chi connectivity index (χ2v) is 3.72. The summed E-state index contributed by atoms with van der Waals surface area (Å²) < 4.78 is 2.03. The van der Waals surface area contributed by atoms with Crippen molar-refractivity contribution >= 4 is 5.95 Å². The van der Waals surface area contributed by atoms with Gasteiger partial charge in [-0.3, -0.25) is 0 Å². The molecule has 1 heterocycles. The van der Waals surface area contributed by atoms with E-state index >= 15 is 0 Å². The maximum Gasteiger partial charge on any atom is 0.205 e. The Morgan fingerprint density at radius 3 is 2.79 bits per heavy atom. The summed E-state index contributed by atoms with van der Waals surface area (Å²) in [6.07, 6.45) is 3.79. The number of anilines is 1. The van der Waals surface area contributed by atoms with Gasteiger partial charge in [-0.15, -0.1) is 0 Å². The number of hydrogen-bond donors (Lipinski definition) is 1. The SMILES string of the molecule is CCN(CC(C)CN)c1nccn1C. The van der Waals surface area contributed by atoms with Crippen molar-refractivity contribution in [2.45, 2.75) is 13.8 Å². The summed E-state index contributed by atoms with van der Waals surface area (Å²) in [5.41, 5.74) is 5.61. The van der Waals surface area contributed by atoms with Crippen LogP contribution >= 0.6 is 0 Å². The van der Waals surface area contributed by atoms with E-state index in [1.807, 2.05) is 24.0 Å². The molecule has 14 heavy (non-hydrogen) atoms. The zero-order valence-corrected chi connectivity index (χ0v) is 9.27. The third kappa shape index (κ3) is 2.48. The van der Waals surface area contributed by atoms with Gasteiger partial charge in [0.05, 0.1) is 0 Å². The minimum absolute atomic E-state index is 0.506. The molecule has 4 nitrogen and oxygen atoms in total. The van der Waals surface area contributed by atoms with Crippen LogP contribution in [0.5, 0.6) is 0 Å². The van der Waals surface area contributed by atoms with Crippen molar-refractivity contribution in [3.63, 3.8) is 0 Å². The molecule has 0 amide bonds. The number of hydrogen-bond acceptors (Lipinski definition) is 3. The van der Waals surface area contributed by atoms with Crippen LogP contribution in [-0.2, 0) is 7.05 Å². The predicted molar refractivity (Wildman–Crippen MR) is 59.3 cm³/mol. The van der Waals surface area contributed by atoms with E-state index in [4.69, 9.17) is 5.73 Å². The number of aryl methyl sites for hydroxylation is 1. The normalized spacial score (nSPS) is 12.9. The second-order valence-electron chi connectivity index (χ2n) is 3.72. The first-order chi connectivity index (χ1) is 6.69. The van der Waals surface area contributed by atoms with Crippen LogP contribution in [0.2, 0.25) is 0 Å². The third-order valence-corrected chi connectivity index (χ3v) is 2.39. The minimum Gasteiger partial charge on any atom is -0.342 e. The number of rotatable bonds is 5.